The summed E-state index contributed by atoms with van der Waals surface area (Å²) in [6, 6.07) is 5.64. The molecule has 0 saturated heterocycles. The zero-order valence-corrected chi connectivity index (χ0v) is 18.3. The Morgan fingerprint density at radius 2 is 1.89 bits per heavy atom. The van der Waals surface area contributed by atoms with Gasteiger partial charge >= 0.3 is 6.03 Å². The Hall–Kier alpha value is -2.24. The first-order valence-corrected chi connectivity index (χ1v) is 11.0. The van der Waals surface area contributed by atoms with Gasteiger partial charge in [0.1, 0.15) is 0 Å². The van der Waals surface area contributed by atoms with Crippen molar-refractivity contribution in [1.29, 1.82) is 0 Å². The molecule has 0 atom stereocenters. The van der Waals surface area contributed by atoms with Crippen LogP contribution in [0.4, 0.5) is 15.1 Å². The molecule has 0 radical (unpaired) electrons. The van der Waals surface area contributed by atoms with Crippen molar-refractivity contribution < 1.29 is 9.59 Å². The van der Waals surface area contributed by atoms with Crippen molar-refractivity contribution in [3.05, 3.63) is 23.8 Å². The number of aryl methyl sites for hydroxylation is 1. The molecule has 0 fully saturated rings. The highest BCUT2D eigenvalue weighted by atomic mass is 32.2. The minimum Gasteiger partial charge on any atom is -0.333 e. The number of benzene rings is 1. The largest absolute Gasteiger partial charge is 0.333 e. The van der Waals surface area contributed by atoms with Gasteiger partial charge < -0.3 is 10.6 Å². The Kier molecular flexibility index (Phi) is 6.16. The smallest absolute Gasteiger partial charge is 0.321 e. The summed E-state index contributed by atoms with van der Waals surface area (Å²) in [5, 5.41) is 17.1. The Labute approximate surface area is 174 Å². The lowest BCUT2D eigenvalue weighted by atomic mass is 10.1. The van der Waals surface area contributed by atoms with Crippen LogP contribution in [0, 0.1) is 6.92 Å². The SMILES string of the molecule is Cc1ccc2nc(NC(=O)CSc3nnc(NC(=O)NC(C)(C)C)s3)sc2c1. The van der Waals surface area contributed by atoms with Gasteiger partial charge in [0.05, 0.1) is 16.0 Å². The number of nitrogens with one attached hydrogen (secondary N) is 3. The van der Waals surface area contributed by atoms with Crippen molar-refractivity contribution in [2.45, 2.75) is 37.6 Å². The lowest BCUT2D eigenvalue weighted by molar-refractivity contribution is -0.113. The Balaban J connectivity index is 1.50. The maximum absolute atomic E-state index is 12.2. The lowest BCUT2D eigenvalue weighted by Gasteiger charge is -2.19. The number of carbonyl (C=O) groups is 2. The molecule has 28 heavy (non-hydrogen) atoms. The molecule has 0 aliphatic carbocycles. The van der Waals surface area contributed by atoms with E-state index in [1.807, 2.05) is 45.9 Å². The fraction of sp³-hybridized carbons (Fsp3) is 0.353. The van der Waals surface area contributed by atoms with Crippen LogP contribution >= 0.6 is 34.4 Å². The third kappa shape index (κ3) is 5.88. The molecule has 0 saturated carbocycles. The quantitative estimate of drug-likeness (QED) is 0.410. The minimum absolute atomic E-state index is 0.170. The normalized spacial score (nSPS) is 11.4. The summed E-state index contributed by atoms with van der Waals surface area (Å²) < 4.78 is 1.64. The van der Waals surface area contributed by atoms with E-state index in [4.69, 9.17) is 0 Å². The average Bonchev–Trinajstić information content (AvgIpc) is 3.16. The summed E-state index contributed by atoms with van der Waals surface area (Å²) in [7, 11) is 0. The van der Waals surface area contributed by atoms with E-state index in [9.17, 15) is 9.59 Å². The van der Waals surface area contributed by atoms with Crippen LogP contribution in [0.2, 0.25) is 0 Å². The number of amides is 3. The van der Waals surface area contributed by atoms with Crippen molar-refractivity contribution in [1.82, 2.24) is 20.5 Å². The van der Waals surface area contributed by atoms with Crippen LogP contribution in [0.3, 0.4) is 0 Å². The first-order valence-electron chi connectivity index (χ1n) is 8.40. The highest BCUT2D eigenvalue weighted by Crippen LogP contribution is 2.28. The summed E-state index contributed by atoms with van der Waals surface area (Å²) >= 11 is 3.92. The third-order valence-corrected chi connectivity index (χ3v) is 6.14. The molecular weight excluding hydrogens is 416 g/mol. The standard InChI is InChI=1S/C17H20N6O2S3/c1-9-5-6-10-11(7-9)27-14(18-10)19-12(24)8-26-16-23-22-15(28-16)20-13(25)21-17(2,3)4/h5-7H,8H2,1-4H3,(H,18,19,24)(H2,20,21,22,25). The van der Waals surface area contributed by atoms with Gasteiger partial charge in [0.25, 0.3) is 0 Å². The average molecular weight is 437 g/mol. The molecule has 3 N–H and O–H groups in total. The number of carbonyl (C=O) groups excluding carboxylic acids is 2. The molecule has 3 aromatic rings. The maximum Gasteiger partial charge on any atom is 0.321 e. The second-order valence-electron chi connectivity index (χ2n) is 7.03. The lowest BCUT2D eigenvalue weighted by Crippen LogP contribution is -2.43. The van der Waals surface area contributed by atoms with Gasteiger partial charge in [-0.15, -0.1) is 10.2 Å². The van der Waals surface area contributed by atoms with Crippen LogP contribution in [0.15, 0.2) is 22.5 Å². The molecule has 0 bridgehead atoms. The zero-order valence-electron chi connectivity index (χ0n) is 15.8. The van der Waals surface area contributed by atoms with Crippen molar-refractivity contribution in [3.8, 4) is 0 Å². The third-order valence-electron chi connectivity index (χ3n) is 3.23. The summed E-state index contributed by atoms with van der Waals surface area (Å²) in [6.45, 7) is 7.68. The monoisotopic (exact) mass is 436 g/mol. The molecule has 0 spiro atoms. The van der Waals surface area contributed by atoms with E-state index in [0.29, 0.717) is 14.6 Å². The van der Waals surface area contributed by atoms with Gasteiger partial charge in [-0.1, -0.05) is 40.5 Å². The van der Waals surface area contributed by atoms with Gasteiger partial charge in [-0.05, 0) is 45.4 Å². The molecule has 148 valence electrons. The van der Waals surface area contributed by atoms with E-state index in [0.717, 1.165) is 15.8 Å². The number of urea groups is 1. The summed E-state index contributed by atoms with van der Waals surface area (Å²) in [6.07, 6.45) is 0. The molecule has 0 aliphatic rings. The van der Waals surface area contributed by atoms with Gasteiger partial charge in [-0.25, -0.2) is 9.78 Å². The van der Waals surface area contributed by atoms with E-state index in [1.165, 1.54) is 34.4 Å². The Morgan fingerprint density at radius 3 is 2.64 bits per heavy atom. The van der Waals surface area contributed by atoms with Crippen molar-refractivity contribution in [2.24, 2.45) is 0 Å². The summed E-state index contributed by atoms with van der Waals surface area (Å²) in [5.41, 5.74) is 1.68. The van der Waals surface area contributed by atoms with Crippen molar-refractivity contribution in [3.63, 3.8) is 0 Å². The maximum atomic E-state index is 12.2. The summed E-state index contributed by atoms with van der Waals surface area (Å²) in [4.78, 5) is 28.4. The molecule has 2 aromatic heterocycles. The second kappa shape index (κ2) is 8.41. The van der Waals surface area contributed by atoms with Gasteiger partial charge in [0.15, 0.2) is 9.47 Å². The number of aromatic nitrogens is 3. The fourth-order valence-electron chi connectivity index (χ4n) is 2.16. The van der Waals surface area contributed by atoms with Crippen LogP contribution in [0.5, 0.6) is 0 Å². The van der Waals surface area contributed by atoms with E-state index >= 15 is 0 Å². The number of hydrogen-bond acceptors (Lipinski definition) is 8. The minimum atomic E-state index is -0.344. The van der Waals surface area contributed by atoms with Gasteiger partial charge in [0, 0.05) is 5.54 Å². The van der Waals surface area contributed by atoms with Gasteiger partial charge in [-0.2, -0.15) is 0 Å². The molecule has 3 amide bonds. The second-order valence-corrected chi connectivity index (χ2v) is 10.3. The number of hydrogen-bond donors (Lipinski definition) is 3. The Bertz CT molecular complexity index is 1010. The molecular formula is C17H20N6O2S3. The van der Waals surface area contributed by atoms with E-state index < -0.39 is 0 Å². The number of rotatable bonds is 5. The van der Waals surface area contributed by atoms with Crippen LogP contribution in [0.25, 0.3) is 10.2 Å². The molecule has 3 rings (SSSR count). The van der Waals surface area contributed by atoms with Crippen molar-refractivity contribution >= 4 is 66.9 Å². The van der Waals surface area contributed by atoms with Gasteiger partial charge in [-0.3, -0.25) is 10.1 Å². The summed E-state index contributed by atoms with van der Waals surface area (Å²) in [5.74, 6) is 0.00794. The first kappa shape index (κ1) is 20.5. The molecule has 8 nitrogen and oxygen atoms in total. The van der Waals surface area contributed by atoms with Crippen LogP contribution in [0.1, 0.15) is 26.3 Å². The van der Waals surface area contributed by atoms with Gasteiger partial charge in [0.2, 0.25) is 11.0 Å². The molecule has 1 aromatic carbocycles. The molecule has 11 heteroatoms. The molecule has 0 aliphatic heterocycles. The number of fused-ring (bicyclic) bond motifs is 1. The predicted molar refractivity (Wildman–Crippen MR) is 116 cm³/mol. The molecule has 0 unspecified atom stereocenters. The molecule has 2 heterocycles. The highest BCUT2D eigenvalue weighted by Gasteiger charge is 2.16. The predicted octanol–water partition coefficient (Wildman–Crippen LogP) is 4.11. The number of thioether (sulfide) groups is 1. The highest BCUT2D eigenvalue weighted by molar-refractivity contribution is 8.01. The fourth-order valence-corrected chi connectivity index (χ4v) is 4.68. The van der Waals surface area contributed by atoms with Crippen LogP contribution in [-0.4, -0.2) is 38.4 Å². The van der Waals surface area contributed by atoms with Crippen LogP contribution in [-0.2, 0) is 4.79 Å². The number of anilines is 2. The number of thiazole rings is 1. The van der Waals surface area contributed by atoms with E-state index in [1.54, 1.807) is 0 Å². The van der Waals surface area contributed by atoms with E-state index in [2.05, 4.69) is 31.1 Å². The van der Waals surface area contributed by atoms with Crippen LogP contribution < -0.4 is 16.0 Å². The first-order chi connectivity index (χ1) is 13.2. The Morgan fingerprint density at radius 1 is 1.11 bits per heavy atom. The number of nitrogens with zero attached hydrogens (tertiary/aromatic N) is 3. The van der Waals surface area contributed by atoms with Crippen molar-refractivity contribution in [2.75, 3.05) is 16.4 Å². The zero-order chi connectivity index (χ0) is 20.3. The topological polar surface area (TPSA) is 109 Å². The van der Waals surface area contributed by atoms with E-state index in [-0.39, 0.29) is 23.2 Å².